The molecule has 3 aromatic rings. The van der Waals surface area contributed by atoms with Crippen LogP contribution in [0.5, 0.6) is 0 Å². The summed E-state index contributed by atoms with van der Waals surface area (Å²) in [4.78, 5) is 22.6. The fourth-order valence-corrected chi connectivity index (χ4v) is 6.83. The number of ketones is 1. The van der Waals surface area contributed by atoms with Crippen LogP contribution in [-0.4, -0.2) is 43.4 Å². The molecule has 9 nitrogen and oxygen atoms in total. The van der Waals surface area contributed by atoms with Crippen LogP contribution in [0.1, 0.15) is 58.5 Å². The highest BCUT2D eigenvalue weighted by Gasteiger charge is 2.38. The van der Waals surface area contributed by atoms with Gasteiger partial charge in [0.05, 0.1) is 22.6 Å². The van der Waals surface area contributed by atoms with Gasteiger partial charge < -0.3 is 10.6 Å². The molecule has 2 aliphatic rings. The molecule has 0 bridgehead atoms. The van der Waals surface area contributed by atoms with Crippen molar-refractivity contribution in [3.05, 3.63) is 74.8 Å². The normalized spacial score (nSPS) is 23.8. The topological polar surface area (TPSA) is 136 Å². The van der Waals surface area contributed by atoms with E-state index in [0.29, 0.717) is 27.7 Å². The molecule has 0 spiro atoms. The molecule has 0 radical (unpaired) electrons. The molecule has 1 saturated heterocycles. The Kier molecular flexibility index (Phi) is 7.62. The number of benzene rings is 1. The summed E-state index contributed by atoms with van der Waals surface area (Å²) in [6.07, 6.45) is 7.15. The first-order valence-corrected chi connectivity index (χ1v) is 14.8. The zero-order valence-corrected chi connectivity index (χ0v) is 22.4. The van der Waals surface area contributed by atoms with Gasteiger partial charge in [0.1, 0.15) is 12.1 Å². The van der Waals surface area contributed by atoms with Crippen molar-refractivity contribution in [2.45, 2.75) is 43.7 Å². The molecule has 12 heteroatoms. The number of rotatable bonds is 9. The van der Waals surface area contributed by atoms with Crippen LogP contribution in [0, 0.1) is 5.92 Å². The van der Waals surface area contributed by atoms with Gasteiger partial charge in [0.2, 0.25) is 5.78 Å². The van der Waals surface area contributed by atoms with Crippen LogP contribution >= 0.6 is 22.9 Å². The lowest BCUT2D eigenvalue weighted by atomic mass is 9.83. The highest BCUT2D eigenvalue weighted by molar-refractivity contribution is 7.84. The van der Waals surface area contributed by atoms with Gasteiger partial charge in [0.25, 0.3) is 0 Å². The maximum absolute atomic E-state index is 13.6. The van der Waals surface area contributed by atoms with Gasteiger partial charge in [-0.3, -0.25) is 8.98 Å². The van der Waals surface area contributed by atoms with E-state index in [4.69, 9.17) is 20.9 Å². The number of hydrogen-bond acceptors (Lipinski definition) is 9. The molecule has 3 atom stereocenters. The van der Waals surface area contributed by atoms with Crippen molar-refractivity contribution in [1.82, 2.24) is 15.3 Å². The number of aromatic nitrogens is 2. The summed E-state index contributed by atoms with van der Waals surface area (Å²) in [7, 11) is -3.96. The zero-order chi connectivity index (χ0) is 26.0. The van der Waals surface area contributed by atoms with Crippen molar-refractivity contribution in [2.75, 3.05) is 18.5 Å². The number of nitrogens with two attached hydrogens (primary N) is 1. The van der Waals surface area contributed by atoms with Crippen LogP contribution in [0.25, 0.3) is 0 Å². The third kappa shape index (κ3) is 5.87. The second kappa shape index (κ2) is 10.8. The van der Waals surface area contributed by atoms with Gasteiger partial charge in [-0.15, -0.1) is 11.3 Å². The maximum atomic E-state index is 13.6. The molecular formula is C25H28ClN5O4S2. The van der Waals surface area contributed by atoms with Crippen LogP contribution in [-0.2, 0) is 20.0 Å². The van der Waals surface area contributed by atoms with Crippen LogP contribution in [0.4, 0.5) is 5.82 Å². The van der Waals surface area contributed by atoms with Gasteiger partial charge in [0.15, 0.2) is 0 Å². The highest BCUT2D eigenvalue weighted by atomic mass is 35.5. The number of nitrogens with zero attached hydrogens (tertiary/aromatic N) is 2. The van der Waals surface area contributed by atoms with E-state index in [2.05, 4.69) is 26.7 Å². The van der Waals surface area contributed by atoms with E-state index in [-0.39, 0.29) is 29.9 Å². The van der Waals surface area contributed by atoms with Crippen LogP contribution in [0.15, 0.2) is 48.2 Å². The minimum absolute atomic E-state index is 0.0308. The van der Waals surface area contributed by atoms with E-state index in [1.165, 1.54) is 23.9 Å². The van der Waals surface area contributed by atoms with E-state index in [1.54, 1.807) is 0 Å². The zero-order valence-electron chi connectivity index (χ0n) is 20.0. The second-order valence-electron chi connectivity index (χ2n) is 9.56. The monoisotopic (exact) mass is 561 g/mol. The molecule has 2 aromatic heterocycles. The maximum Gasteiger partial charge on any atom is 0.333 e. The Labute approximate surface area is 225 Å². The fraction of sp³-hybridized carbons (Fsp3) is 0.400. The molecule has 1 aliphatic heterocycles. The van der Waals surface area contributed by atoms with Crippen molar-refractivity contribution in [1.29, 1.82) is 0 Å². The molecule has 1 aliphatic carbocycles. The third-order valence-corrected chi connectivity index (χ3v) is 8.72. The van der Waals surface area contributed by atoms with Gasteiger partial charge in [-0.05, 0) is 79.3 Å². The molecule has 3 heterocycles. The van der Waals surface area contributed by atoms with Gasteiger partial charge in [-0.25, -0.2) is 15.1 Å². The Morgan fingerprint density at radius 3 is 2.92 bits per heavy atom. The average Bonchev–Trinajstić information content (AvgIpc) is 3.63. The van der Waals surface area contributed by atoms with Crippen molar-refractivity contribution in [3.8, 4) is 0 Å². The molecule has 196 valence electrons. The van der Waals surface area contributed by atoms with Gasteiger partial charge in [0, 0.05) is 17.3 Å². The minimum atomic E-state index is -3.96. The molecule has 2 fully saturated rings. The lowest BCUT2D eigenvalue weighted by Gasteiger charge is -2.30. The standard InChI is InChI=1S/C25H28ClN5O4S2/c26-19-4-1-3-17(10-19)25(7-2-8-30-25)18-11-22(36-14-18)23(32)21-12-28-15-29-24(21)31-20-6-5-16(9-20)13-35-37(27,33)34/h1,3-4,10-12,14-16,20,30H,2,5-9,13H2,(H2,27,33,34)(H,28,29,31)/t16-,20?,25?/m1/s1. The van der Waals surface area contributed by atoms with E-state index in [0.717, 1.165) is 43.4 Å². The Hall–Kier alpha value is -2.41. The molecule has 1 aromatic carbocycles. The van der Waals surface area contributed by atoms with E-state index in [9.17, 15) is 13.2 Å². The van der Waals surface area contributed by atoms with Gasteiger partial charge >= 0.3 is 10.3 Å². The summed E-state index contributed by atoms with van der Waals surface area (Å²) < 4.78 is 26.9. The molecule has 1 saturated carbocycles. The van der Waals surface area contributed by atoms with E-state index >= 15 is 0 Å². The largest absolute Gasteiger partial charge is 0.367 e. The number of halogens is 1. The first kappa shape index (κ1) is 26.2. The number of thiophene rings is 1. The van der Waals surface area contributed by atoms with Crippen molar-refractivity contribution in [3.63, 3.8) is 0 Å². The second-order valence-corrected chi connectivity index (χ2v) is 12.1. The van der Waals surface area contributed by atoms with Crippen molar-refractivity contribution >= 4 is 44.8 Å². The summed E-state index contributed by atoms with van der Waals surface area (Å²) in [6.45, 7) is 0.934. The fourth-order valence-electron chi connectivity index (χ4n) is 5.32. The number of hydrogen-bond donors (Lipinski definition) is 3. The summed E-state index contributed by atoms with van der Waals surface area (Å²) >= 11 is 7.71. The lowest BCUT2D eigenvalue weighted by molar-refractivity contribution is 0.104. The molecular weight excluding hydrogens is 534 g/mol. The van der Waals surface area contributed by atoms with E-state index in [1.807, 2.05) is 29.6 Å². The van der Waals surface area contributed by atoms with Gasteiger partial charge in [-0.2, -0.15) is 8.42 Å². The molecule has 37 heavy (non-hydrogen) atoms. The Bertz CT molecular complexity index is 1390. The summed E-state index contributed by atoms with van der Waals surface area (Å²) in [5, 5.41) is 14.7. The summed E-state index contributed by atoms with van der Waals surface area (Å²) in [5.41, 5.74) is 2.14. The van der Waals surface area contributed by atoms with Crippen LogP contribution < -0.4 is 15.8 Å². The number of nitrogens with one attached hydrogen (secondary N) is 2. The SMILES string of the molecule is NS(=O)(=O)OC[C@@H]1CCC(Nc2ncncc2C(=O)c2cc(C3(c4cccc(Cl)c4)CCCN3)cs2)C1. The lowest BCUT2D eigenvalue weighted by Crippen LogP contribution is -2.37. The number of carbonyl (C=O) groups is 1. The Morgan fingerprint density at radius 2 is 2.16 bits per heavy atom. The Balaban J connectivity index is 1.34. The molecule has 4 N–H and O–H groups in total. The molecule has 0 amide bonds. The number of carbonyl (C=O) groups excluding carboxylic acids is 1. The first-order valence-electron chi connectivity index (χ1n) is 12.1. The smallest absolute Gasteiger partial charge is 0.333 e. The van der Waals surface area contributed by atoms with Crippen LogP contribution in [0.3, 0.4) is 0 Å². The Morgan fingerprint density at radius 1 is 1.30 bits per heavy atom. The molecule has 2 unspecified atom stereocenters. The van der Waals surface area contributed by atoms with Crippen molar-refractivity contribution in [2.24, 2.45) is 11.1 Å². The average molecular weight is 562 g/mol. The first-order chi connectivity index (χ1) is 17.7. The van der Waals surface area contributed by atoms with E-state index < -0.39 is 10.3 Å². The quantitative estimate of drug-likeness (QED) is 0.335. The third-order valence-electron chi connectivity index (χ3n) is 7.10. The predicted octanol–water partition coefficient (Wildman–Crippen LogP) is 3.85. The van der Waals surface area contributed by atoms with Crippen LogP contribution in [0.2, 0.25) is 5.02 Å². The summed E-state index contributed by atoms with van der Waals surface area (Å²) in [6, 6.07) is 9.85. The molecule has 5 rings (SSSR count). The number of anilines is 1. The minimum Gasteiger partial charge on any atom is -0.367 e. The van der Waals surface area contributed by atoms with Crippen molar-refractivity contribution < 1.29 is 17.4 Å². The predicted molar refractivity (Wildman–Crippen MR) is 143 cm³/mol. The van der Waals surface area contributed by atoms with Gasteiger partial charge in [-0.1, -0.05) is 23.7 Å². The highest BCUT2D eigenvalue weighted by Crippen LogP contribution is 2.41. The summed E-state index contributed by atoms with van der Waals surface area (Å²) in [5.74, 6) is 0.375.